The Morgan fingerprint density at radius 2 is 2.00 bits per heavy atom. The molecule has 0 aromatic carbocycles. The highest BCUT2D eigenvalue weighted by Crippen LogP contribution is 1.88. The molecule has 0 bridgehead atoms. The van der Waals surface area contributed by atoms with E-state index in [1.165, 1.54) is 6.20 Å². The molecule has 15 heavy (non-hydrogen) atoms. The van der Waals surface area contributed by atoms with E-state index in [1.807, 2.05) is 0 Å². The number of hydrogen-bond acceptors (Lipinski definition) is 4. The van der Waals surface area contributed by atoms with Gasteiger partial charge in [-0.05, 0) is 18.2 Å². The lowest BCUT2D eigenvalue weighted by atomic mass is 10.2. The Hall–Kier alpha value is -2.24. The zero-order valence-corrected chi connectivity index (χ0v) is 8.05. The summed E-state index contributed by atoms with van der Waals surface area (Å²) in [6.07, 6.45) is 1.25. The first-order valence-electron chi connectivity index (χ1n) is 4.29. The second-order valence-corrected chi connectivity index (χ2v) is 3.04. The van der Waals surface area contributed by atoms with Gasteiger partial charge in [-0.1, -0.05) is 9.69 Å². The summed E-state index contributed by atoms with van der Waals surface area (Å²) in [7, 11) is 1.58. The fourth-order valence-electron chi connectivity index (χ4n) is 1.46. The summed E-state index contributed by atoms with van der Waals surface area (Å²) in [4.78, 5) is 5.03. The van der Waals surface area contributed by atoms with Crippen LogP contribution < -0.4 is 10.7 Å². The van der Waals surface area contributed by atoms with E-state index in [1.54, 1.807) is 25.2 Å². The number of hydrogen-bond donors (Lipinski definition) is 3. The molecule has 2 aliphatic rings. The van der Waals surface area contributed by atoms with Gasteiger partial charge in [-0.3, -0.25) is 4.99 Å². The Kier molecular flexibility index (Phi) is 1.96. The molecule has 0 aromatic rings. The first-order valence-corrected chi connectivity index (χ1v) is 4.29. The van der Waals surface area contributed by atoms with Gasteiger partial charge in [-0.15, -0.1) is 0 Å². The van der Waals surface area contributed by atoms with Crippen LogP contribution >= 0.6 is 0 Å². The van der Waals surface area contributed by atoms with Crippen molar-refractivity contribution in [3.8, 4) is 0 Å². The van der Waals surface area contributed by atoms with E-state index in [2.05, 4.69) is 4.99 Å². The van der Waals surface area contributed by atoms with Gasteiger partial charge >= 0.3 is 0 Å². The van der Waals surface area contributed by atoms with Crippen LogP contribution in [0.4, 0.5) is 0 Å². The monoisotopic (exact) mass is 206 g/mol. The van der Waals surface area contributed by atoms with Crippen LogP contribution in [0.1, 0.15) is 0 Å². The van der Waals surface area contributed by atoms with Crippen LogP contribution in [0.5, 0.6) is 0 Å². The quantitative estimate of drug-likeness (QED) is 0.507. The first kappa shape index (κ1) is 9.32. The molecule has 0 fully saturated rings. The molecule has 1 aliphatic carbocycles. The van der Waals surface area contributed by atoms with Crippen LogP contribution in [0.15, 0.2) is 29.4 Å². The molecule has 1 heterocycles. The molecule has 0 atom stereocenters. The van der Waals surface area contributed by atoms with Gasteiger partial charge in [0, 0.05) is 12.3 Å². The van der Waals surface area contributed by atoms with E-state index < -0.39 is 0 Å². The SMILES string of the molecule is CN=c1ccc(=N)c2ccn(O)n(O)c1=2. The molecule has 0 unspecified atom stereocenters. The van der Waals surface area contributed by atoms with Crippen molar-refractivity contribution in [1.29, 1.82) is 5.41 Å². The molecule has 0 saturated carbocycles. The molecule has 0 radical (unpaired) electrons. The first-order chi connectivity index (χ1) is 7.15. The van der Waals surface area contributed by atoms with Crippen LogP contribution in [0.25, 0.3) is 0 Å². The molecular formula is C9H10N4O2. The predicted molar refractivity (Wildman–Crippen MR) is 49.4 cm³/mol. The van der Waals surface area contributed by atoms with Crippen LogP contribution in [0.2, 0.25) is 0 Å². The lowest BCUT2D eigenvalue weighted by Gasteiger charge is -2.05. The normalized spacial score (nSPS) is 12.2. The van der Waals surface area contributed by atoms with Crippen molar-refractivity contribution in [2.75, 3.05) is 7.05 Å². The summed E-state index contributed by atoms with van der Waals surface area (Å²) in [5, 5.41) is 28.1. The molecule has 3 N–H and O–H groups in total. The highest BCUT2D eigenvalue weighted by molar-refractivity contribution is 5.07. The molecule has 0 aromatic heterocycles. The maximum atomic E-state index is 9.58. The number of rotatable bonds is 0. The van der Waals surface area contributed by atoms with Gasteiger partial charge in [-0.2, -0.15) is 0 Å². The minimum atomic E-state index is 0.265. The zero-order valence-electron chi connectivity index (χ0n) is 8.05. The fourth-order valence-corrected chi connectivity index (χ4v) is 1.46. The largest absolute Gasteiger partial charge is 0.411 e. The third-order valence-electron chi connectivity index (χ3n) is 2.21. The summed E-state index contributed by atoms with van der Waals surface area (Å²) in [5.41, 5.74) is 0. The van der Waals surface area contributed by atoms with E-state index >= 15 is 0 Å². The standard InChI is InChI=1S/C9H10N4O2/c1-11-8-3-2-7(10)6-4-5-12(14)13(15)9(6)8/h2-5,10,14-15H,1H3. The maximum Gasteiger partial charge on any atom is 0.137 e. The number of nitrogens with one attached hydrogen (secondary N) is 1. The van der Waals surface area contributed by atoms with Crippen molar-refractivity contribution in [3.05, 3.63) is 45.7 Å². The Balaban J connectivity index is 3.29. The average molecular weight is 206 g/mol. The highest BCUT2D eigenvalue weighted by Gasteiger charge is 2.00. The smallest absolute Gasteiger partial charge is 0.137 e. The van der Waals surface area contributed by atoms with Gasteiger partial charge in [0.15, 0.2) is 0 Å². The fraction of sp³-hybridized carbons (Fsp3) is 0.111. The zero-order chi connectivity index (χ0) is 11.0. The predicted octanol–water partition coefficient (Wildman–Crippen LogP) is -0.501. The number of aromatic nitrogens is 2. The minimum absolute atomic E-state index is 0.265. The van der Waals surface area contributed by atoms with Crippen molar-refractivity contribution in [1.82, 2.24) is 9.69 Å². The maximum absolute atomic E-state index is 9.58. The Labute approximate surface area is 84.0 Å². The Morgan fingerprint density at radius 3 is 2.67 bits per heavy atom. The van der Waals surface area contributed by atoms with Crippen molar-refractivity contribution in [2.24, 2.45) is 4.99 Å². The molecule has 78 valence electrons. The number of nitrogens with zero attached hydrogens (tertiary/aromatic N) is 3. The molecule has 2 rings (SSSR count). The second kappa shape index (κ2) is 3.16. The summed E-state index contributed by atoms with van der Waals surface area (Å²) in [6.45, 7) is 0. The molecule has 0 amide bonds. The van der Waals surface area contributed by atoms with Crippen LogP contribution in [0, 0.1) is 16.0 Å². The molecular weight excluding hydrogens is 196 g/mol. The average Bonchev–Trinajstić information content (AvgIpc) is 2.24. The summed E-state index contributed by atoms with van der Waals surface area (Å²) < 4.78 is 0. The van der Waals surface area contributed by atoms with Gasteiger partial charge in [0.05, 0.1) is 16.9 Å². The topological polar surface area (TPSA) is 86.5 Å². The highest BCUT2D eigenvalue weighted by atomic mass is 16.6. The Bertz CT molecular complexity index is 683. The third-order valence-corrected chi connectivity index (χ3v) is 2.21. The molecule has 6 heteroatoms. The van der Waals surface area contributed by atoms with E-state index in [9.17, 15) is 10.4 Å². The summed E-state index contributed by atoms with van der Waals surface area (Å²) >= 11 is 0. The lowest BCUT2D eigenvalue weighted by Crippen LogP contribution is -2.23. The summed E-state index contributed by atoms with van der Waals surface area (Å²) in [6, 6.07) is 4.74. The third kappa shape index (κ3) is 1.26. The van der Waals surface area contributed by atoms with E-state index in [-0.39, 0.29) is 5.36 Å². The van der Waals surface area contributed by atoms with Gasteiger partial charge in [-0.25, -0.2) is 0 Å². The molecule has 6 nitrogen and oxygen atoms in total. The lowest BCUT2D eigenvalue weighted by molar-refractivity contribution is -0.0220. The van der Waals surface area contributed by atoms with Gasteiger partial charge in [0.1, 0.15) is 5.35 Å². The molecule has 0 saturated heterocycles. The second-order valence-electron chi connectivity index (χ2n) is 3.04. The van der Waals surface area contributed by atoms with E-state index in [0.29, 0.717) is 25.6 Å². The van der Waals surface area contributed by atoms with Crippen molar-refractivity contribution < 1.29 is 10.4 Å². The summed E-state index contributed by atoms with van der Waals surface area (Å²) in [5.74, 6) is 0. The van der Waals surface area contributed by atoms with Crippen LogP contribution in [0.3, 0.4) is 0 Å². The van der Waals surface area contributed by atoms with Crippen molar-refractivity contribution >= 4 is 0 Å². The van der Waals surface area contributed by atoms with Crippen molar-refractivity contribution in [2.45, 2.75) is 0 Å². The minimum Gasteiger partial charge on any atom is -0.411 e. The van der Waals surface area contributed by atoms with Crippen LogP contribution in [-0.2, 0) is 0 Å². The van der Waals surface area contributed by atoms with Crippen LogP contribution in [-0.4, -0.2) is 27.2 Å². The van der Waals surface area contributed by atoms with E-state index in [0.717, 1.165) is 0 Å². The van der Waals surface area contributed by atoms with Gasteiger partial charge < -0.3 is 15.8 Å². The van der Waals surface area contributed by atoms with Gasteiger partial charge in [0.25, 0.3) is 0 Å². The molecule has 1 aliphatic heterocycles. The Morgan fingerprint density at radius 1 is 1.27 bits per heavy atom. The molecule has 0 spiro atoms. The van der Waals surface area contributed by atoms with Gasteiger partial charge in [0.2, 0.25) is 0 Å². The van der Waals surface area contributed by atoms with Crippen molar-refractivity contribution in [3.63, 3.8) is 0 Å². The van der Waals surface area contributed by atoms with E-state index in [4.69, 9.17) is 5.41 Å².